The second-order valence-corrected chi connectivity index (χ2v) is 7.17. The largest absolute Gasteiger partial charge is 0.306 e. The van der Waals surface area contributed by atoms with Gasteiger partial charge in [-0.25, -0.2) is 4.39 Å². The summed E-state index contributed by atoms with van der Waals surface area (Å²) in [6, 6.07) is 7.57. The molecule has 2 aromatic rings. The van der Waals surface area contributed by atoms with Gasteiger partial charge in [0.2, 0.25) is 0 Å². The Morgan fingerprint density at radius 2 is 2.05 bits per heavy atom. The summed E-state index contributed by atoms with van der Waals surface area (Å²) in [5.41, 5.74) is 2.55. The smallest absolute Gasteiger partial charge is 0.131 e. The molecule has 0 aliphatic rings. The maximum atomic E-state index is 14.4. The van der Waals surface area contributed by atoms with Crippen molar-refractivity contribution < 1.29 is 4.39 Å². The molecule has 1 N–H and O–H groups in total. The van der Waals surface area contributed by atoms with E-state index in [4.69, 9.17) is 0 Å². The topological polar surface area (TPSA) is 12.0 Å². The minimum atomic E-state index is -0.116. The van der Waals surface area contributed by atoms with Gasteiger partial charge in [0.05, 0.1) is 9.83 Å². The lowest BCUT2D eigenvalue weighted by Crippen LogP contribution is -2.23. The van der Waals surface area contributed by atoms with E-state index in [-0.39, 0.29) is 11.9 Å². The van der Waals surface area contributed by atoms with Crippen LogP contribution in [0.2, 0.25) is 0 Å². The number of hydrogen-bond donors (Lipinski definition) is 1. The van der Waals surface area contributed by atoms with Crippen LogP contribution in [-0.2, 0) is 0 Å². The molecule has 2 rings (SSSR count). The van der Waals surface area contributed by atoms with E-state index in [9.17, 15) is 4.39 Å². The fourth-order valence-corrected chi connectivity index (χ4v) is 3.98. The average Bonchev–Trinajstić information content (AvgIpc) is 2.69. The normalized spacial score (nSPS) is 12.7. The lowest BCUT2D eigenvalue weighted by Gasteiger charge is -2.20. The average molecular weight is 342 g/mol. The van der Waals surface area contributed by atoms with Gasteiger partial charge >= 0.3 is 0 Å². The van der Waals surface area contributed by atoms with Gasteiger partial charge < -0.3 is 5.32 Å². The molecule has 0 amide bonds. The SMILES string of the molecule is CCNC(c1cc(Br)sc1C)c1cccc(C)c1F. The van der Waals surface area contributed by atoms with Crippen LogP contribution in [0, 0.1) is 19.7 Å². The van der Waals surface area contributed by atoms with Crippen LogP contribution < -0.4 is 5.32 Å². The summed E-state index contributed by atoms with van der Waals surface area (Å²) in [6.07, 6.45) is 0. The molecule has 0 aliphatic carbocycles. The van der Waals surface area contributed by atoms with Gasteiger partial charge in [-0.05, 0) is 53.5 Å². The minimum absolute atomic E-state index is 0.0903. The molecule has 1 aromatic heterocycles. The van der Waals surface area contributed by atoms with Crippen molar-refractivity contribution in [3.05, 3.63) is 55.4 Å². The predicted octanol–water partition coefficient (Wildman–Crippen LogP) is 4.97. The van der Waals surface area contributed by atoms with Crippen LogP contribution in [-0.4, -0.2) is 6.54 Å². The highest BCUT2D eigenvalue weighted by molar-refractivity contribution is 9.11. The highest BCUT2D eigenvalue weighted by Gasteiger charge is 2.21. The number of thiophene rings is 1. The van der Waals surface area contributed by atoms with Gasteiger partial charge in [0.25, 0.3) is 0 Å². The zero-order chi connectivity index (χ0) is 14.0. The fourth-order valence-electron chi connectivity index (χ4n) is 2.23. The van der Waals surface area contributed by atoms with Crippen LogP contribution in [0.3, 0.4) is 0 Å². The number of halogens is 2. The van der Waals surface area contributed by atoms with E-state index in [1.54, 1.807) is 24.3 Å². The van der Waals surface area contributed by atoms with Crippen LogP contribution in [0.4, 0.5) is 4.39 Å². The molecule has 102 valence electrons. The molecule has 1 nitrogen and oxygen atoms in total. The van der Waals surface area contributed by atoms with E-state index in [0.717, 1.165) is 21.5 Å². The second-order valence-electron chi connectivity index (χ2n) is 4.53. The summed E-state index contributed by atoms with van der Waals surface area (Å²) in [4.78, 5) is 1.21. The Morgan fingerprint density at radius 1 is 1.32 bits per heavy atom. The highest BCUT2D eigenvalue weighted by atomic mass is 79.9. The Labute approximate surface area is 126 Å². The molecule has 4 heteroatoms. The Balaban J connectivity index is 2.51. The monoisotopic (exact) mass is 341 g/mol. The number of nitrogens with one attached hydrogen (secondary N) is 1. The van der Waals surface area contributed by atoms with Crippen LogP contribution in [0.25, 0.3) is 0 Å². The summed E-state index contributed by atoms with van der Waals surface area (Å²) >= 11 is 5.19. The lowest BCUT2D eigenvalue weighted by atomic mass is 9.97. The summed E-state index contributed by atoms with van der Waals surface area (Å²) in [7, 11) is 0. The summed E-state index contributed by atoms with van der Waals surface area (Å²) in [5.74, 6) is -0.116. The van der Waals surface area contributed by atoms with Gasteiger partial charge in [0.1, 0.15) is 5.82 Å². The van der Waals surface area contributed by atoms with Crippen molar-refractivity contribution in [2.75, 3.05) is 6.54 Å². The Bertz CT molecular complexity index is 580. The van der Waals surface area contributed by atoms with E-state index in [2.05, 4.69) is 34.2 Å². The summed E-state index contributed by atoms with van der Waals surface area (Å²) < 4.78 is 15.4. The molecule has 0 aliphatic heterocycles. The molecular weight excluding hydrogens is 325 g/mol. The van der Waals surface area contributed by atoms with Crippen molar-refractivity contribution in [3.8, 4) is 0 Å². The van der Waals surface area contributed by atoms with Crippen LogP contribution >= 0.6 is 27.3 Å². The number of aryl methyl sites for hydroxylation is 2. The molecule has 1 heterocycles. The Hall–Kier alpha value is -0.710. The Kier molecular flexibility index (Phi) is 4.76. The number of rotatable bonds is 4. The first-order valence-corrected chi connectivity index (χ1v) is 7.89. The van der Waals surface area contributed by atoms with Gasteiger partial charge in [0.15, 0.2) is 0 Å². The maximum absolute atomic E-state index is 14.4. The van der Waals surface area contributed by atoms with E-state index < -0.39 is 0 Å². The quantitative estimate of drug-likeness (QED) is 0.828. The molecule has 0 saturated carbocycles. The van der Waals surface area contributed by atoms with E-state index in [1.165, 1.54) is 4.88 Å². The van der Waals surface area contributed by atoms with Gasteiger partial charge in [-0.2, -0.15) is 0 Å². The molecule has 0 saturated heterocycles. The molecule has 19 heavy (non-hydrogen) atoms. The third kappa shape index (κ3) is 3.07. The van der Waals surface area contributed by atoms with Crippen molar-refractivity contribution in [2.24, 2.45) is 0 Å². The molecule has 0 radical (unpaired) electrons. The first kappa shape index (κ1) is 14.7. The zero-order valence-corrected chi connectivity index (χ0v) is 13.7. The van der Waals surface area contributed by atoms with Crippen LogP contribution in [0.1, 0.15) is 34.5 Å². The first-order chi connectivity index (χ1) is 9.04. The van der Waals surface area contributed by atoms with Gasteiger partial charge in [-0.1, -0.05) is 25.1 Å². The number of benzene rings is 1. The summed E-state index contributed by atoms with van der Waals surface area (Å²) in [6.45, 7) is 6.71. The molecule has 0 bridgehead atoms. The second kappa shape index (κ2) is 6.16. The predicted molar refractivity (Wildman–Crippen MR) is 83.4 cm³/mol. The minimum Gasteiger partial charge on any atom is -0.306 e. The van der Waals surface area contributed by atoms with Crippen LogP contribution in [0.15, 0.2) is 28.1 Å². The summed E-state index contributed by atoms with van der Waals surface area (Å²) in [5, 5.41) is 3.38. The number of hydrogen-bond acceptors (Lipinski definition) is 2. The molecule has 0 fully saturated rings. The van der Waals surface area contributed by atoms with Crippen molar-refractivity contribution in [3.63, 3.8) is 0 Å². The van der Waals surface area contributed by atoms with E-state index in [1.807, 2.05) is 19.1 Å². The Morgan fingerprint density at radius 3 is 2.63 bits per heavy atom. The van der Waals surface area contributed by atoms with Gasteiger partial charge in [0, 0.05) is 10.4 Å². The fraction of sp³-hybridized carbons (Fsp3) is 0.333. The van der Waals surface area contributed by atoms with Gasteiger partial charge in [-0.15, -0.1) is 11.3 Å². The van der Waals surface area contributed by atoms with Crippen molar-refractivity contribution in [1.82, 2.24) is 5.32 Å². The third-order valence-electron chi connectivity index (χ3n) is 3.18. The molecule has 1 unspecified atom stereocenters. The van der Waals surface area contributed by atoms with Crippen molar-refractivity contribution >= 4 is 27.3 Å². The zero-order valence-electron chi connectivity index (χ0n) is 11.3. The highest BCUT2D eigenvalue weighted by Crippen LogP contribution is 2.34. The lowest BCUT2D eigenvalue weighted by molar-refractivity contribution is 0.553. The molecular formula is C15H17BrFNS. The molecule has 1 aromatic carbocycles. The van der Waals surface area contributed by atoms with Crippen LogP contribution in [0.5, 0.6) is 0 Å². The standard InChI is InChI=1S/C15H17BrFNS/c1-4-18-15(12-8-13(16)19-10(12)3)11-7-5-6-9(2)14(11)17/h5-8,15,18H,4H2,1-3H3. The third-order valence-corrected chi connectivity index (χ3v) is 4.75. The maximum Gasteiger partial charge on any atom is 0.131 e. The first-order valence-electron chi connectivity index (χ1n) is 6.28. The molecule has 0 spiro atoms. The van der Waals surface area contributed by atoms with E-state index in [0.29, 0.717) is 5.56 Å². The van der Waals surface area contributed by atoms with Gasteiger partial charge in [-0.3, -0.25) is 0 Å². The van der Waals surface area contributed by atoms with Crippen molar-refractivity contribution in [1.29, 1.82) is 0 Å². The van der Waals surface area contributed by atoms with Crippen molar-refractivity contribution in [2.45, 2.75) is 26.8 Å². The van der Waals surface area contributed by atoms with E-state index >= 15 is 0 Å². The molecule has 1 atom stereocenters.